The molecule has 5 heteroatoms. The summed E-state index contributed by atoms with van der Waals surface area (Å²) in [6.07, 6.45) is 2.51. The first-order valence-corrected chi connectivity index (χ1v) is 6.06. The van der Waals surface area contributed by atoms with E-state index in [2.05, 4.69) is 10.3 Å². The molecule has 0 radical (unpaired) electrons. The Kier molecular flexibility index (Phi) is 4.55. The number of furan rings is 1. The minimum atomic E-state index is 0.526. The van der Waals surface area contributed by atoms with Crippen molar-refractivity contribution in [2.75, 3.05) is 20.3 Å². The molecule has 0 unspecified atom stereocenters. The van der Waals surface area contributed by atoms with E-state index in [-0.39, 0.29) is 0 Å². The van der Waals surface area contributed by atoms with E-state index in [0.717, 1.165) is 24.4 Å². The normalized spacial score (nSPS) is 11.0. The highest BCUT2D eigenvalue weighted by molar-refractivity contribution is 5.44. The van der Waals surface area contributed by atoms with E-state index < -0.39 is 0 Å². The number of rotatable bonds is 7. The number of nitrogens with one attached hydrogen (secondary N) is 1. The van der Waals surface area contributed by atoms with Gasteiger partial charge in [-0.1, -0.05) is 6.92 Å². The van der Waals surface area contributed by atoms with Crippen molar-refractivity contribution in [2.45, 2.75) is 19.9 Å². The van der Waals surface area contributed by atoms with Crippen LogP contribution in [0.5, 0.6) is 0 Å². The summed E-state index contributed by atoms with van der Waals surface area (Å²) < 4.78 is 15.9. The molecular weight excluding hydrogens is 232 g/mol. The highest BCUT2D eigenvalue weighted by Gasteiger charge is 2.10. The van der Waals surface area contributed by atoms with Crippen LogP contribution in [0.25, 0.3) is 11.7 Å². The second kappa shape index (κ2) is 6.37. The zero-order valence-corrected chi connectivity index (χ0v) is 10.7. The van der Waals surface area contributed by atoms with Crippen molar-refractivity contribution in [1.29, 1.82) is 0 Å². The second-order valence-electron chi connectivity index (χ2n) is 3.93. The maximum absolute atomic E-state index is 5.58. The fraction of sp³-hybridized carbons (Fsp3) is 0.462. The maximum Gasteiger partial charge on any atom is 0.263 e. The number of oxazole rings is 1. The molecule has 2 aromatic heterocycles. The van der Waals surface area contributed by atoms with Crippen molar-refractivity contribution in [2.24, 2.45) is 0 Å². The summed E-state index contributed by atoms with van der Waals surface area (Å²) >= 11 is 0. The molecule has 0 aliphatic rings. The second-order valence-corrected chi connectivity index (χ2v) is 3.93. The van der Waals surface area contributed by atoms with Gasteiger partial charge in [0, 0.05) is 26.6 Å². The van der Waals surface area contributed by atoms with Crippen LogP contribution in [-0.4, -0.2) is 25.2 Å². The third-order valence-corrected chi connectivity index (χ3v) is 2.56. The molecule has 5 nitrogen and oxygen atoms in total. The predicted octanol–water partition coefficient (Wildman–Crippen LogP) is 2.23. The van der Waals surface area contributed by atoms with Gasteiger partial charge in [-0.3, -0.25) is 0 Å². The molecule has 0 saturated heterocycles. The largest absolute Gasteiger partial charge is 0.456 e. The Hall–Kier alpha value is -1.59. The number of hydrogen-bond donors (Lipinski definition) is 1. The first-order chi connectivity index (χ1) is 8.83. The summed E-state index contributed by atoms with van der Waals surface area (Å²) in [5, 5.41) is 3.21. The summed E-state index contributed by atoms with van der Waals surface area (Å²) in [5.74, 6) is 2.14. The monoisotopic (exact) mass is 250 g/mol. The van der Waals surface area contributed by atoms with Gasteiger partial charge < -0.3 is 18.9 Å². The topological polar surface area (TPSA) is 60.4 Å². The summed E-state index contributed by atoms with van der Waals surface area (Å²) in [6.45, 7) is 4.18. The minimum Gasteiger partial charge on any atom is -0.456 e. The molecule has 2 aromatic rings. The lowest BCUT2D eigenvalue weighted by atomic mass is 10.3. The van der Waals surface area contributed by atoms with Crippen LogP contribution in [0.2, 0.25) is 0 Å². The molecule has 0 amide bonds. The zero-order chi connectivity index (χ0) is 12.8. The van der Waals surface area contributed by atoms with Crippen molar-refractivity contribution in [3.8, 4) is 11.7 Å². The van der Waals surface area contributed by atoms with Gasteiger partial charge in [-0.2, -0.15) is 0 Å². The molecule has 98 valence electrons. The number of nitrogens with zero attached hydrogens (tertiary/aromatic N) is 1. The van der Waals surface area contributed by atoms with Crippen LogP contribution >= 0.6 is 0 Å². The average Bonchev–Trinajstić information content (AvgIpc) is 3.03. The number of methoxy groups -OCH3 is 1. The molecule has 0 aliphatic heterocycles. The molecule has 2 heterocycles. The molecular formula is C13H18N2O3. The molecule has 2 rings (SSSR count). The van der Waals surface area contributed by atoms with E-state index in [4.69, 9.17) is 13.6 Å². The Morgan fingerprint density at radius 3 is 3.00 bits per heavy atom. The minimum absolute atomic E-state index is 0.526. The van der Waals surface area contributed by atoms with Crippen LogP contribution in [0.4, 0.5) is 0 Å². The first kappa shape index (κ1) is 12.9. The van der Waals surface area contributed by atoms with Crippen LogP contribution in [0.3, 0.4) is 0 Å². The van der Waals surface area contributed by atoms with E-state index in [0.29, 0.717) is 24.8 Å². The number of aromatic nitrogens is 1. The van der Waals surface area contributed by atoms with E-state index >= 15 is 0 Å². The predicted molar refractivity (Wildman–Crippen MR) is 67.2 cm³/mol. The van der Waals surface area contributed by atoms with Gasteiger partial charge in [-0.15, -0.1) is 0 Å². The highest BCUT2D eigenvalue weighted by Crippen LogP contribution is 2.21. The van der Waals surface area contributed by atoms with Gasteiger partial charge in [-0.25, -0.2) is 4.98 Å². The van der Waals surface area contributed by atoms with E-state index in [9.17, 15) is 0 Å². The van der Waals surface area contributed by atoms with E-state index in [1.165, 1.54) is 0 Å². The van der Waals surface area contributed by atoms with Crippen LogP contribution in [0, 0.1) is 0 Å². The lowest BCUT2D eigenvalue weighted by molar-refractivity contribution is 0.199. The molecule has 0 saturated carbocycles. The Morgan fingerprint density at radius 2 is 2.28 bits per heavy atom. The van der Waals surface area contributed by atoms with Crippen molar-refractivity contribution >= 4 is 0 Å². The molecule has 0 aromatic carbocycles. The third-order valence-electron chi connectivity index (χ3n) is 2.56. The number of hydrogen-bond acceptors (Lipinski definition) is 5. The molecule has 0 fully saturated rings. The summed E-state index contributed by atoms with van der Waals surface area (Å²) in [6, 6.07) is 3.82. The standard InChI is InChI=1S/C13H18N2O3/c1-3-11-4-5-12(18-11)13-15-10(9-17-13)8-14-6-7-16-2/h4-5,9,14H,3,6-8H2,1-2H3. The Bertz CT molecular complexity index is 476. The number of ether oxygens (including phenoxy) is 1. The summed E-state index contributed by atoms with van der Waals surface area (Å²) in [5.41, 5.74) is 0.857. The quantitative estimate of drug-likeness (QED) is 0.763. The first-order valence-electron chi connectivity index (χ1n) is 6.06. The zero-order valence-electron chi connectivity index (χ0n) is 10.7. The van der Waals surface area contributed by atoms with Gasteiger partial charge in [0.05, 0.1) is 12.3 Å². The third kappa shape index (κ3) is 3.21. The summed E-state index contributed by atoms with van der Waals surface area (Å²) in [4.78, 5) is 4.36. The van der Waals surface area contributed by atoms with Crippen molar-refractivity contribution in [3.05, 3.63) is 29.9 Å². The lowest BCUT2D eigenvalue weighted by Crippen LogP contribution is -2.18. The fourth-order valence-corrected chi connectivity index (χ4v) is 1.57. The van der Waals surface area contributed by atoms with E-state index in [1.54, 1.807) is 13.4 Å². The van der Waals surface area contributed by atoms with Crippen LogP contribution in [0.1, 0.15) is 18.4 Å². The smallest absolute Gasteiger partial charge is 0.263 e. The molecule has 0 spiro atoms. The van der Waals surface area contributed by atoms with Crippen LogP contribution < -0.4 is 5.32 Å². The maximum atomic E-state index is 5.58. The Labute approximate surface area is 106 Å². The van der Waals surface area contributed by atoms with Gasteiger partial charge in [0.2, 0.25) is 0 Å². The van der Waals surface area contributed by atoms with Gasteiger partial charge in [-0.05, 0) is 12.1 Å². The summed E-state index contributed by atoms with van der Waals surface area (Å²) in [7, 11) is 1.68. The van der Waals surface area contributed by atoms with E-state index in [1.807, 2.05) is 19.1 Å². The molecule has 18 heavy (non-hydrogen) atoms. The molecule has 0 aliphatic carbocycles. The van der Waals surface area contributed by atoms with Crippen molar-refractivity contribution in [3.63, 3.8) is 0 Å². The van der Waals surface area contributed by atoms with Gasteiger partial charge >= 0.3 is 0 Å². The van der Waals surface area contributed by atoms with Crippen molar-refractivity contribution < 1.29 is 13.6 Å². The Morgan fingerprint density at radius 1 is 1.39 bits per heavy atom. The Balaban J connectivity index is 1.93. The molecule has 0 atom stereocenters. The molecule has 1 N–H and O–H groups in total. The lowest BCUT2D eigenvalue weighted by Gasteiger charge is -1.99. The fourth-order valence-electron chi connectivity index (χ4n) is 1.57. The van der Waals surface area contributed by atoms with Crippen LogP contribution in [0.15, 0.2) is 27.2 Å². The van der Waals surface area contributed by atoms with Crippen molar-refractivity contribution in [1.82, 2.24) is 10.3 Å². The SMILES string of the molecule is CCc1ccc(-c2nc(CNCCOC)co2)o1. The van der Waals surface area contributed by atoms with Gasteiger partial charge in [0.15, 0.2) is 5.76 Å². The molecule has 0 bridgehead atoms. The highest BCUT2D eigenvalue weighted by atomic mass is 16.5. The van der Waals surface area contributed by atoms with Gasteiger partial charge in [0.1, 0.15) is 12.0 Å². The number of aryl methyl sites for hydroxylation is 1. The van der Waals surface area contributed by atoms with Gasteiger partial charge in [0.25, 0.3) is 5.89 Å². The van der Waals surface area contributed by atoms with Crippen LogP contribution in [-0.2, 0) is 17.7 Å². The average molecular weight is 250 g/mol.